The number of primary amides is 1. The topological polar surface area (TPSA) is 215 Å². The lowest BCUT2D eigenvalue weighted by Crippen LogP contribution is -2.53. The minimum Gasteiger partial charge on any atom is -0.368 e. The van der Waals surface area contributed by atoms with Gasteiger partial charge in [0, 0.05) is 25.8 Å². The summed E-state index contributed by atoms with van der Waals surface area (Å²) in [5.74, 6) is -2.43. The maximum Gasteiger partial charge on any atom is 0.243 e. The number of rotatable bonds is 17. The Kier molecular flexibility index (Phi) is 15.5. The van der Waals surface area contributed by atoms with Gasteiger partial charge in [0.05, 0.1) is 19.1 Å². The standard InChI is InChI=1S/C18H33N7O6S/c1-11(27)23-13(18(31)25-14(10-32)17(20)30)4-2-3-5-22-16(29)8-21-7-12(9-26)24-15(28)6-19/h9,12-14,21,32H,2-8,10,19H2,1H3,(H2,20,30)(H,22,29)(H,23,27)(H,24,28)(H,25,31). The van der Waals surface area contributed by atoms with Crippen LogP contribution in [0.25, 0.3) is 0 Å². The molecule has 0 aromatic rings. The molecule has 32 heavy (non-hydrogen) atoms. The highest BCUT2D eigenvalue weighted by atomic mass is 32.1. The van der Waals surface area contributed by atoms with Crippen molar-refractivity contribution in [3.63, 3.8) is 0 Å². The highest BCUT2D eigenvalue weighted by Crippen LogP contribution is 2.02. The minimum absolute atomic E-state index is 0.0287. The summed E-state index contributed by atoms with van der Waals surface area (Å²) < 4.78 is 0. The molecule has 0 spiro atoms. The Morgan fingerprint density at radius 1 is 1.00 bits per heavy atom. The molecule has 0 aromatic carbocycles. The van der Waals surface area contributed by atoms with E-state index in [1.165, 1.54) is 6.92 Å². The van der Waals surface area contributed by atoms with Crippen LogP contribution in [0, 0.1) is 0 Å². The fourth-order valence-corrected chi connectivity index (χ4v) is 2.77. The fourth-order valence-electron chi connectivity index (χ4n) is 2.50. The number of unbranched alkanes of at least 4 members (excludes halogenated alkanes) is 1. The molecule has 9 N–H and O–H groups in total. The highest BCUT2D eigenvalue weighted by molar-refractivity contribution is 7.80. The summed E-state index contributed by atoms with van der Waals surface area (Å²) in [5.41, 5.74) is 10.3. The van der Waals surface area contributed by atoms with Crippen molar-refractivity contribution >= 4 is 48.5 Å². The van der Waals surface area contributed by atoms with Gasteiger partial charge < -0.3 is 42.8 Å². The van der Waals surface area contributed by atoms with Crippen molar-refractivity contribution < 1.29 is 28.8 Å². The van der Waals surface area contributed by atoms with Gasteiger partial charge in [-0.2, -0.15) is 12.6 Å². The van der Waals surface area contributed by atoms with Crippen LogP contribution in [0.5, 0.6) is 0 Å². The van der Waals surface area contributed by atoms with Gasteiger partial charge >= 0.3 is 0 Å². The number of carbonyl (C=O) groups is 6. The number of hydrogen-bond acceptors (Lipinski definition) is 9. The number of hydrogen-bond donors (Lipinski definition) is 8. The monoisotopic (exact) mass is 475 g/mol. The molecule has 0 rings (SSSR count). The molecule has 3 atom stereocenters. The third-order valence-corrected chi connectivity index (χ3v) is 4.49. The van der Waals surface area contributed by atoms with E-state index in [0.717, 1.165) is 0 Å². The average molecular weight is 476 g/mol. The van der Waals surface area contributed by atoms with E-state index in [-0.39, 0.29) is 31.3 Å². The Morgan fingerprint density at radius 2 is 1.69 bits per heavy atom. The van der Waals surface area contributed by atoms with E-state index in [1.807, 2.05) is 0 Å². The maximum atomic E-state index is 12.3. The zero-order chi connectivity index (χ0) is 24.5. The van der Waals surface area contributed by atoms with Crippen molar-refractivity contribution in [3.05, 3.63) is 0 Å². The predicted molar refractivity (Wildman–Crippen MR) is 119 cm³/mol. The van der Waals surface area contributed by atoms with Crippen LogP contribution in [0.4, 0.5) is 0 Å². The second kappa shape index (κ2) is 16.9. The Balaban J connectivity index is 4.26. The van der Waals surface area contributed by atoms with Crippen LogP contribution < -0.4 is 38.1 Å². The van der Waals surface area contributed by atoms with E-state index in [9.17, 15) is 28.8 Å². The van der Waals surface area contributed by atoms with Crippen molar-refractivity contribution in [3.8, 4) is 0 Å². The first-order valence-electron chi connectivity index (χ1n) is 10.0. The molecule has 3 unspecified atom stereocenters. The zero-order valence-corrected chi connectivity index (χ0v) is 18.9. The van der Waals surface area contributed by atoms with Crippen molar-refractivity contribution in [2.24, 2.45) is 11.5 Å². The van der Waals surface area contributed by atoms with Crippen LogP contribution in [0.15, 0.2) is 0 Å². The van der Waals surface area contributed by atoms with E-state index in [1.54, 1.807) is 0 Å². The summed E-state index contributed by atoms with van der Waals surface area (Å²) in [6.45, 7) is 1.38. The lowest BCUT2D eigenvalue weighted by Gasteiger charge is -2.20. The van der Waals surface area contributed by atoms with Crippen molar-refractivity contribution in [1.82, 2.24) is 26.6 Å². The molecule has 0 aliphatic heterocycles. The molecule has 0 saturated heterocycles. The van der Waals surface area contributed by atoms with Crippen molar-refractivity contribution in [1.29, 1.82) is 0 Å². The van der Waals surface area contributed by atoms with Crippen LogP contribution >= 0.6 is 12.6 Å². The molecule has 0 heterocycles. The summed E-state index contributed by atoms with van der Waals surface area (Å²) in [7, 11) is 0. The summed E-state index contributed by atoms with van der Waals surface area (Å²) in [6, 6.07) is -2.58. The molecule has 0 bridgehead atoms. The zero-order valence-electron chi connectivity index (χ0n) is 18.0. The number of nitrogens with one attached hydrogen (secondary N) is 5. The fraction of sp³-hybridized carbons (Fsp3) is 0.667. The van der Waals surface area contributed by atoms with E-state index in [0.29, 0.717) is 32.1 Å². The van der Waals surface area contributed by atoms with Crippen LogP contribution in [-0.2, 0) is 28.8 Å². The molecule has 0 aliphatic rings. The second-order valence-corrected chi connectivity index (χ2v) is 7.26. The van der Waals surface area contributed by atoms with Crippen LogP contribution in [0.2, 0.25) is 0 Å². The molecular formula is C18H33N7O6S. The summed E-state index contributed by atoms with van der Waals surface area (Å²) in [5, 5.41) is 12.8. The SMILES string of the molecule is CC(=O)NC(CCCCNC(=O)CNCC(C=O)NC(=O)CN)C(=O)NC(CS)C(N)=O. The number of aldehydes is 1. The van der Waals surface area contributed by atoms with Gasteiger partial charge in [-0.05, 0) is 19.3 Å². The average Bonchev–Trinajstić information content (AvgIpc) is 2.74. The van der Waals surface area contributed by atoms with Gasteiger partial charge in [0.2, 0.25) is 29.5 Å². The van der Waals surface area contributed by atoms with Crippen LogP contribution in [0.3, 0.4) is 0 Å². The largest absolute Gasteiger partial charge is 0.368 e. The maximum absolute atomic E-state index is 12.3. The quantitative estimate of drug-likeness (QED) is 0.0586. The molecule has 14 heteroatoms. The summed E-state index contributed by atoms with van der Waals surface area (Å²) >= 11 is 3.96. The van der Waals surface area contributed by atoms with Gasteiger partial charge in [-0.15, -0.1) is 0 Å². The molecule has 13 nitrogen and oxygen atoms in total. The molecular weight excluding hydrogens is 442 g/mol. The third-order valence-electron chi connectivity index (χ3n) is 4.12. The van der Waals surface area contributed by atoms with Gasteiger partial charge in [-0.1, -0.05) is 0 Å². The Labute approximate surface area is 191 Å². The Morgan fingerprint density at radius 3 is 2.22 bits per heavy atom. The van der Waals surface area contributed by atoms with Gasteiger partial charge in [-0.3, -0.25) is 24.0 Å². The molecule has 0 radical (unpaired) electrons. The van der Waals surface area contributed by atoms with E-state index in [2.05, 4.69) is 39.2 Å². The minimum atomic E-state index is -0.948. The first-order valence-corrected chi connectivity index (χ1v) is 10.7. The molecule has 5 amide bonds. The van der Waals surface area contributed by atoms with E-state index in [4.69, 9.17) is 11.5 Å². The van der Waals surface area contributed by atoms with E-state index >= 15 is 0 Å². The number of amides is 5. The normalized spacial score (nSPS) is 13.2. The molecule has 0 aliphatic carbocycles. The van der Waals surface area contributed by atoms with Gasteiger partial charge in [-0.25, -0.2) is 0 Å². The van der Waals surface area contributed by atoms with Gasteiger partial charge in [0.15, 0.2) is 0 Å². The second-order valence-electron chi connectivity index (χ2n) is 6.89. The number of thiol groups is 1. The first-order chi connectivity index (χ1) is 15.1. The smallest absolute Gasteiger partial charge is 0.243 e. The highest BCUT2D eigenvalue weighted by Gasteiger charge is 2.23. The van der Waals surface area contributed by atoms with E-state index < -0.39 is 41.8 Å². The van der Waals surface area contributed by atoms with Crippen LogP contribution in [-0.4, -0.2) is 85.9 Å². The van der Waals surface area contributed by atoms with Gasteiger partial charge in [0.25, 0.3) is 0 Å². The summed E-state index contributed by atoms with van der Waals surface area (Å²) in [6.07, 6.45) is 1.87. The molecule has 0 aromatic heterocycles. The predicted octanol–water partition coefficient (Wildman–Crippen LogP) is -4.09. The molecule has 0 fully saturated rings. The van der Waals surface area contributed by atoms with Crippen molar-refractivity contribution in [2.75, 3.05) is 31.9 Å². The third kappa shape index (κ3) is 13.6. The van der Waals surface area contributed by atoms with Gasteiger partial charge in [0.1, 0.15) is 18.4 Å². The Hall–Kier alpha value is -2.71. The van der Waals surface area contributed by atoms with Crippen molar-refractivity contribution in [2.45, 2.75) is 44.3 Å². The molecule has 0 saturated carbocycles. The molecule has 182 valence electrons. The number of carbonyl (C=O) groups excluding carboxylic acids is 6. The lowest BCUT2D eigenvalue weighted by molar-refractivity contribution is -0.130. The number of nitrogens with two attached hydrogens (primary N) is 2. The summed E-state index contributed by atoms with van der Waals surface area (Å²) in [4.78, 5) is 68.8. The first kappa shape index (κ1) is 29.3. The lowest BCUT2D eigenvalue weighted by atomic mass is 10.1. The Bertz CT molecular complexity index is 664. The van der Waals surface area contributed by atoms with Crippen LogP contribution in [0.1, 0.15) is 26.2 Å².